The molecule has 0 unspecified atom stereocenters. The summed E-state index contributed by atoms with van der Waals surface area (Å²) in [6.45, 7) is 15.0. The first-order valence-electron chi connectivity index (χ1n) is 24.1. The number of hydrogen-bond acceptors (Lipinski definition) is 12. The number of carbonyl (C=O) groups is 9. The highest BCUT2D eigenvalue weighted by atomic mass is 16.5. The number of nitrogens with zero attached hydrogens (tertiary/aromatic N) is 2. The number of aliphatic imine (C=N–C) groups is 1. The van der Waals surface area contributed by atoms with Gasteiger partial charge in [-0.05, 0) is 57.4 Å². The first-order chi connectivity index (χ1) is 34.1. The summed E-state index contributed by atoms with van der Waals surface area (Å²) in [6.07, 6.45) is 5.49. The molecule has 0 radical (unpaired) electrons. The molecule has 0 fully saturated rings. The number of rotatable bonds is 33. The summed E-state index contributed by atoms with van der Waals surface area (Å²) in [5.74, 6) is -12.5. The number of nitrogens with one attached hydrogen (secondary N) is 5. The molecule has 1 aromatic rings. The highest BCUT2D eigenvalue weighted by Crippen LogP contribution is 2.19. The van der Waals surface area contributed by atoms with Crippen molar-refractivity contribution in [2.75, 3.05) is 20.7 Å². The Balaban J connectivity index is 3.62. The van der Waals surface area contributed by atoms with E-state index in [-0.39, 0.29) is 49.7 Å². The molecule has 0 heterocycles. The number of carboxylic acids is 3. The molecule has 0 aliphatic carbocycles. The number of guanidine groups is 1. The molecule has 14 N–H and O–H groups in total. The number of carboxylic acid groups (broad SMARTS) is 3. The van der Waals surface area contributed by atoms with Crippen LogP contribution < -0.4 is 43.8 Å². The van der Waals surface area contributed by atoms with E-state index in [0.717, 1.165) is 16.9 Å². The SMILES string of the molecule is C=C(C(=O)N[C@H](C)C(=O)O)N(C)C(=O)CC[C@@H](NC(=O)[C@@H](C)[C@H](C=CC(C)=C[C@H](C)[C@H](Cc1ccccc1)OC)NC(=O)[C@H](CCCN=C(N)N)NC(=O)[C@@H](C)[C@@H](NC(=O)[C@@H](N)C[C@@H](C)CC)C(=O)O)C(=O)O. The first kappa shape index (κ1) is 63.9. The lowest BCUT2D eigenvalue weighted by atomic mass is 9.94. The monoisotopic (exact) mass is 1030 g/mol. The third-order valence-corrected chi connectivity index (χ3v) is 12.3. The van der Waals surface area contributed by atoms with Crippen LogP contribution in [-0.2, 0) is 54.3 Å². The van der Waals surface area contributed by atoms with Gasteiger partial charge >= 0.3 is 17.9 Å². The number of allylic oxidation sites excluding steroid dienone is 2. The number of methoxy groups -OCH3 is 1. The van der Waals surface area contributed by atoms with Gasteiger partial charge in [-0.15, -0.1) is 0 Å². The summed E-state index contributed by atoms with van der Waals surface area (Å²) in [7, 11) is 2.79. The molecular formula is C50H78N10O13. The fourth-order valence-electron chi connectivity index (χ4n) is 7.17. The number of amides is 6. The summed E-state index contributed by atoms with van der Waals surface area (Å²) in [4.78, 5) is 121. The van der Waals surface area contributed by atoms with Crippen LogP contribution in [0.25, 0.3) is 0 Å². The Morgan fingerprint density at radius 1 is 0.795 bits per heavy atom. The zero-order valence-electron chi connectivity index (χ0n) is 43.4. The lowest BCUT2D eigenvalue weighted by Crippen LogP contribution is -2.57. The second kappa shape index (κ2) is 32.0. The van der Waals surface area contributed by atoms with Crippen molar-refractivity contribution in [1.82, 2.24) is 31.5 Å². The molecule has 0 bridgehead atoms. The normalized spacial score (nSPS) is 16.0. The van der Waals surface area contributed by atoms with E-state index in [0.29, 0.717) is 12.0 Å². The average Bonchev–Trinajstić information content (AvgIpc) is 3.34. The number of carbonyl (C=O) groups excluding carboxylic acids is 6. The van der Waals surface area contributed by atoms with Gasteiger partial charge in [0.1, 0.15) is 29.9 Å². The highest BCUT2D eigenvalue weighted by Gasteiger charge is 2.36. The Labute approximate surface area is 427 Å². The van der Waals surface area contributed by atoms with Gasteiger partial charge in [0.05, 0.1) is 30.0 Å². The van der Waals surface area contributed by atoms with Crippen molar-refractivity contribution in [2.45, 2.75) is 136 Å². The van der Waals surface area contributed by atoms with Crippen molar-refractivity contribution in [3.05, 3.63) is 72.0 Å². The fourth-order valence-corrected chi connectivity index (χ4v) is 7.17. The van der Waals surface area contributed by atoms with Crippen molar-refractivity contribution < 1.29 is 63.2 Å². The number of hydrogen-bond donors (Lipinski definition) is 11. The van der Waals surface area contributed by atoms with E-state index in [9.17, 15) is 53.4 Å². The molecule has 406 valence electrons. The Morgan fingerprint density at radius 2 is 1.40 bits per heavy atom. The van der Waals surface area contributed by atoms with Crippen LogP contribution in [-0.4, -0.2) is 143 Å². The second-order valence-electron chi connectivity index (χ2n) is 18.3. The third kappa shape index (κ3) is 22.9. The van der Waals surface area contributed by atoms with Gasteiger partial charge < -0.3 is 68.7 Å². The van der Waals surface area contributed by atoms with Crippen molar-refractivity contribution in [3.8, 4) is 0 Å². The molecule has 6 amide bonds. The molecule has 0 aliphatic heterocycles. The van der Waals surface area contributed by atoms with Crippen molar-refractivity contribution in [2.24, 2.45) is 45.9 Å². The van der Waals surface area contributed by atoms with Crippen LogP contribution in [0.3, 0.4) is 0 Å². The molecule has 0 aliphatic rings. The number of ether oxygens (including phenoxy) is 1. The minimum Gasteiger partial charge on any atom is -0.480 e. The number of nitrogens with two attached hydrogens (primary N) is 3. The van der Waals surface area contributed by atoms with Gasteiger partial charge in [-0.2, -0.15) is 0 Å². The second-order valence-corrected chi connectivity index (χ2v) is 18.3. The molecular weight excluding hydrogens is 949 g/mol. The van der Waals surface area contributed by atoms with E-state index in [1.807, 2.05) is 57.2 Å². The Morgan fingerprint density at radius 3 is 1.95 bits per heavy atom. The lowest BCUT2D eigenvalue weighted by molar-refractivity contribution is -0.146. The molecule has 0 aromatic heterocycles. The summed E-state index contributed by atoms with van der Waals surface area (Å²) in [5.41, 5.74) is 18.4. The van der Waals surface area contributed by atoms with Crippen LogP contribution in [0, 0.1) is 23.7 Å². The smallest absolute Gasteiger partial charge is 0.327 e. The largest absolute Gasteiger partial charge is 0.480 e. The van der Waals surface area contributed by atoms with Crippen molar-refractivity contribution >= 4 is 59.3 Å². The van der Waals surface area contributed by atoms with E-state index in [1.165, 1.54) is 33.9 Å². The molecule has 0 saturated carbocycles. The summed E-state index contributed by atoms with van der Waals surface area (Å²) < 4.78 is 5.81. The van der Waals surface area contributed by atoms with Gasteiger partial charge in [-0.1, -0.05) is 102 Å². The highest BCUT2D eigenvalue weighted by molar-refractivity contribution is 5.99. The third-order valence-electron chi connectivity index (χ3n) is 12.3. The molecule has 0 saturated heterocycles. The minimum absolute atomic E-state index is 0.0244. The van der Waals surface area contributed by atoms with Crippen LogP contribution in [0.15, 0.2) is 71.4 Å². The van der Waals surface area contributed by atoms with Gasteiger partial charge in [0.15, 0.2) is 5.96 Å². The van der Waals surface area contributed by atoms with E-state index >= 15 is 0 Å². The van der Waals surface area contributed by atoms with Gasteiger partial charge in [-0.3, -0.25) is 38.6 Å². The molecule has 23 nitrogen and oxygen atoms in total. The predicted octanol–water partition coefficient (Wildman–Crippen LogP) is 0.922. The fraction of sp³-hybridized carbons (Fsp3) is 0.560. The van der Waals surface area contributed by atoms with Crippen LogP contribution in [0.4, 0.5) is 0 Å². The summed E-state index contributed by atoms with van der Waals surface area (Å²) in [5, 5.41) is 41.6. The molecule has 73 heavy (non-hydrogen) atoms. The van der Waals surface area contributed by atoms with Gasteiger partial charge in [0, 0.05) is 33.0 Å². The maximum Gasteiger partial charge on any atom is 0.327 e. The maximum absolute atomic E-state index is 14.3. The topological polar surface area (TPSA) is 377 Å². The summed E-state index contributed by atoms with van der Waals surface area (Å²) >= 11 is 0. The molecule has 1 aromatic carbocycles. The van der Waals surface area contributed by atoms with Gasteiger partial charge in [-0.25, -0.2) is 9.59 Å². The number of likely N-dealkylation sites (N-methyl/N-ethyl adjacent to an activating group) is 1. The van der Waals surface area contributed by atoms with E-state index in [4.69, 9.17) is 27.0 Å². The van der Waals surface area contributed by atoms with Gasteiger partial charge in [0.2, 0.25) is 29.5 Å². The molecule has 0 spiro atoms. The Hall–Kier alpha value is -7.14. The number of benzene rings is 1. The van der Waals surface area contributed by atoms with E-state index < -0.39 is 120 Å². The van der Waals surface area contributed by atoms with Crippen LogP contribution >= 0.6 is 0 Å². The maximum atomic E-state index is 14.3. The van der Waals surface area contributed by atoms with E-state index in [1.54, 1.807) is 20.1 Å². The first-order valence-corrected chi connectivity index (χ1v) is 24.1. The van der Waals surface area contributed by atoms with Crippen molar-refractivity contribution in [1.29, 1.82) is 0 Å². The van der Waals surface area contributed by atoms with Crippen LogP contribution in [0.1, 0.15) is 92.6 Å². The molecule has 1 rings (SSSR count). The van der Waals surface area contributed by atoms with Gasteiger partial charge in [0.25, 0.3) is 5.91 Å². The lowest BCUT2D eigenvalue weighted by Gasteiger charge is -2.28. The summed E-state index contributed by atoms with van der Waals surface area (Å²) in [6, 6.07) is 1.36. The predicted molar refractivity (Wildman–Crippen MR) is 273 cm³/mol. The standard InChI is InChI=1S/C50H78N10O13/c1-11-27(2)25-35(51)45(65)59-41(49(71)72)31(6)43(63)57-37(18-15-23-54-50(52)53)46(66)56-36(20-19-28(3)24-29(4)39(73-10)26-34-16-13-12-14-17-34)30(5)42(62)58-38(48(69)70)21-22-40(61)60(9)33(8)44(64)55-32(7)47(67)68/h12-14,16-17,19-20,24,27,29-32,35-39,41H,8,11,15,18,21-23,25-26,51H2,1-7,9-10H3,(H,55,64)(H,56,66)(H,57,63)(H,58,62)(H,59,65)(H,67,68)(H,69,70)(H,71,72)(H4,52,53,54)/t27-,29-,30-,31-,32+,35-,36-,37-,38+,39-,41+/m0/s1. The number of aliphatic carboxylic acids is 3. The Kier molecular flexibility index (Phi) is 28.0. The van der Waals surface area contributed by atoms with Crippen molar-refractivity contribution in [3.63, 3.8) is 0 Å². The van der Waals surface area contributed by atoms with Crippen LogP contribution in [0.2, 0.25) is 0 Å². The zero-order chi connectivity index (χ0) is 55.7. The van der Waals surface area contributed by atoms with Crippen LogP contribution in [0.5, 0.6) is 0 Å². The zero-order valence-corrected chi connectivity index (χ0v) is 43.4. The minimum atomic E-state index is -1.74. The van der Waals surface area contributed by atoms with E-state index in [2.05, 4.69) is 38.2 Å². The molecule has 23 heteroatoms. The molecule has 11 atom stereocenters. The Bertz CT molecular complexity index is 2160. The average molecular weight is 1030 g/mol. The quantitative estimate of drug-likeness (QED) is 0.0153.